The third-order valence-corrected chi connectivity index (χ3v) is 3.16. The first-order valence-corrected chi connectivity index (χ1v) is 6.04. The predicted molar refractivity (Wildman–Crippen MR) is 73.6 cm³/mol. The van der Waals surface area contributed by atoms with Crippen LogP contribution in [0.25, 0.3) is 0 Å². The van der Waals surface area contributed by atoms with E-state index < -0.39 is 0 Å². The Morgan fingerprint density at radius 2 is 2.41 bits per heavy atom. The summed E-state index contributed by atoms with van der Waals surface area (Å²) < 4.78 is 0.843. The van der Waals surface area contributed by atoms with Gasteiger partial charge in [0.25, 0.3) is 0 Å². The van der Waals surface area contributed by atoms with Crippen LogP contribution >= 0.6 is 28.3 Å². The average molecular weight is 318 g/mol. The van der Waals surface area contributed by atoms with Crippen molar-refractivity contribution in [2.45, 2.75) is 13.0 Å². The summed E-state index contributed by atoms with van der Waals surface area (Å²) in [6, 6.07) is 4.39. The van der Waals surface area contributed by atoms with Gasteiger partial charge in [-0.3, -0.25) is 0 Å². The molecule has 17 heavy (non-hydrogen) atoms. The average Bonchev–Trinajstić information content (AvgIpc) is 2.30. The zero-order chi connectivity index (χ0) is 11.5. The van der Waals surface area contributed by atoms with E-state index in [2.05, 4.69) is 44.1 Å². The Morgan fingerprint density at radius 1 is 1.65 bits per heavy atom. The summed E-state index contributed by atoms with van der Waals surface area (Å²) in [5.41, 5.74) is 0.628. The fourth-order valence-corrected chi connectivity index (χ4v) is 2.23. The summed E-state index contributed by atoms with van der Waals surface area (Å²) in [4.78, 5) is 6.53. The molecular weight excluding hydrogens is 304 g/mol. The number of rotatable bonds is 1. The lowest BCUT2D eigenvalue weighted by molar-refractivity contribution is 0.497. The van der Waals surface area contributed by atoms with Crippen LogP contribution in [0.4, 0.5) is 5.82 Å². The summed E-state index contributed by atoms with van der Waals surface area (Å²) >= 11 is 3.33. The van der Waals surface area contributed by atoms with Crippen LogP contribution < -0.4 is 10.2 Å². The molecule has 1 aromatic rings. The van der Waals surface area contributed by atoms with Crippen LogP contribution in [0.3, 0.4) is 0 Å². The first kappa shape index (κ1) is 14.2. The molecule has 0 aliphatic carbocycles. The number of nitrogens with one attached hydrogen (secondary N) is 1. The maximum atomic E-state index is 9.11. The lowest BCUT2D eigenvalue weighted by Gasteiger charge is -2.35. The second kappa shape index (κ2) is 6.20. The second-order valence-electron chi connectivity index (χ2n) is 3.88. The second-order valence-corrected chi connectivity index (χ2v) is 4.80. The Morgan fingerprint density at radius 3 is 3.06 bits per heavy atom. The third kappa shape index (κ3) is 3.09. The molecular formula is C11H14BrClN4. The molecule has 0 amide bonds. The molecule has 6 heteroatoms. The lowest BCUT2D eigenvalue weighted by atomic mass is 10.2. The normalized spacial score (nSPS) is 19.4. The van der Waals surface area contributed by atoms with E-state index in [1.807, 2.05) is 6.07 Å². The smallest absolute Gasteiger partial charge is 0.146 e. The zero-order valence-corrected chi connectivity index (χ0v) is 11.9. The largest absolute Gasteiger partial charge is 0.350 e. The molecule has 1 atom stereocenters. The van der Waals surface area contributed by atoms with Gasteiger partial charge < -0.3 is 10.2 Å². The van der Waals surface area contributed by atoms with E-state index in [-0.39, 0.29) is 12.4 Å². The Labute approximate surface area is 116 Å². The minimum absolute atomic E-state index is 0. The highest BCUT2D eigenvalue weighted by Gasteiger charge is 2.21. The molecule has 2 heterocycles. The lowest BCUT2D eigenvalue weighted by Crippen LogP contribution is -2.50. The number of pyridine rings is 1. The number of halogens is 2. The summed E-state index contributed by atoms with van der Waals surface area (Å²) in [5.74, 6) is 0.791. The number of hydrogen-bond acceptors (Lipinski definition) is 4. The Hall–Kier alpha value is -0.830. The van der Waals surface area contributed by atoms with E-state index in [4.69, 9.17) is 5.26 Å². The van der Waals surface area contributed by atoms with Gasteiger partial charge in [0.15, 0.2) is 0 Å². The quantitative estimate of drug-likeness (QED) is 0.860. The molecule has 1 saturated heterocycles. The molecule has 0 radical (unpaired) electrons. The van der Waals surface area contributed by atoms with Gasteiger partial charge in [-0.1, -0.05) is 0 Å². The van der Waals surface area contributed by atoms with Gasteiger partial charge in [0, 0.05) is 36.3 Å². The number of nitrogens with zero attached hydrogens (tertiary/aromatic N) is 3. The number of aromatic nitrogens is 1. The highest BCUT2D eigenvalue weighted by molar-refractivity contribution is 9.10. The van der Waals surface area contributed by atoms with Crippen molar-refractivity contribution in [3.63, 3.8) is 0 Å². The van der Waals surface area contributed by atoms with Crippen molar-refractivity contribution in [1.29, 1.82) is 5.26 Å². The number of piperazine rings is 1. The van der Waals surface area contributed by atoms with E-state index in [1.54, 1.807) is 6.20 Å². The van der Waals surface area contributed by atoms with E-state index in [1.165, 1.54) is 0 Å². The molecule has 0 bridgehead atoms. The summed E-state index contributed by atoms with van der Waals surface area (Å²) in [7, 11) is 0. The minimum Gasteiger partial charge on any atom is -0.350 e. The van der Waals surface area contributed by atoms with E-state index in [0.29, 0.717) is 11.6 Å². The van der Waals surface area contributed by atoms with Crippen LogP contribution in [0.5, 0.6) is 0 Å². The zero-order valence-electron chi connectivity index (χ0n) is 9.48. The first-order chi connectivity index (χ1) is 7.72. The maximum Gasteiger partial charge on any atom is 0.146 e. The van der Waals surface area contributed by atoms with Crippen LogP contribution in [0.2, 0.25) is 0 Å². The van der Waals surface area contributed by atoms with Crippen molar-refractivity contribution in [2.75, 3.05) is 24.5 Å². The fourth-order valence-electron chi connectivity index (χ4n) is 1.90. The third-order valence-electron chi connectivity index (χ3n) is 2.73. The summed E-state index contributed by atoms with van der Waals surface area (Å²) in [6.45, 7) is 4.90. The molecule has 0 spiro atoms. The molecule has 0 saturated carbocycles. The van der Waals surface area contributed by atoms with Crippen LogP contribution in [-0.2, 0) is 0 Å². The van der Waals surface area contributed by atoms with Crippen molar-refractivity contribution in [1.82, 2.24) is 10.3 Å². The van der Waals surface area contributed by atoms with Gasteiger partial charge in [0.05, 0.1) is 5.56 Å². The van der Waals surface area contributed by atoms with E-state index >= 15 is 0 Å². The molecule has 4 nitrogen and oxygen atoms in total. The van der Waals surface area contributed by atoms with Gasteiger partial charge in [-0.2, -0.15) is 5.26 Å². The number of anilines is 1. The van der Waals surface area contributed by atoms with Crippen LogP contribution in [0.1, 0.15) is 12.5 Å². The molecule has 1 N–H and O–H groups in total. The minimum atomic E-state index is 0. The molecule has 1 aliphatic heterocycles. The number of nitriles is 1. The van der Waals surface area contributed by atoms with Crippen LogP contribution in [0.15, 0.2) is 16.7 Å². The van der Waals surface area contributed by atoms with Crippen LogP contribution in [0, 0.1) is 11.3 Å². The molecule has 1 unspecified atom stereocenters. The molecule has 0 aromatic carbocycles. The van der Waals surface area contributed by atoms with Crippen molar-refractivity contribution in [3.8, 4) is 6.07 Å². The highest BCUT2D eigenvalue weighted by Crippen LogP contribution is 2.23. The van der Waals surface area contributed by atoms with Crippen LogP contribution in [-0.4, -0.2) is 30.7 Å². The predicted octanol–water partition coefficient (Wildman–Crippen LogP) is 1.94. The Balaban J connectivity index is 0.00000144. The van der Waals surface area contributed by atoms with Gasteiger partial charge in [0.2, 0.25) is 0 Å². The Kier molecular flexibility index (Phi) is 5.19. The monoisotopic (exact) mass is 316 g/mol. The van der Waals surface area contributed by atoms with Crippen molar-refractivity contribution >= 4 is 34.2 Å². The topological polar surface area (TPSA) is 52.0 Å². The van der Waals surface area contributed by atoms with Gasteiger partial charge in [0.1, 0.15) is 11.9 Å². The standard InChI is InChI=1S/C11H13BrN4.ClH/c1-8-6-14-2-3-16(8)11-9(5-13)4-10(12)7-15-11;/h4,7-8,14H,2-3,6H2,1H3;1H. The van der Waals surface area contributed by atoms with Gasteiger partial charge in [-0.15, -0.1) is 12.4 Å². The number of hydrogen-bond donors (Lipinski definition) is 1. The molecule has 1 aliphatic rings. The SMILES string of the molecule is CC1CNCCN1c1ncc(Br)cc1C#N.Cl. The van der Waals surface area contributed by atoms with Crippen molar-refractivity contribution in [2.24, 2.45) is 0 Å². The highest BCUT2D eigenvalue weighted by atomic mass is 79.9. The Bertz CT molecular complexity index is 432. The summed E-state index contributed by atoms with van der Waals surface area (Å²) in [6.07, 6.45) is 1.74. The van der Waals surface area contributed by atoms with Gasteiger partial charge in [-0.05, 0) is 28.9 Å². The van der Waals surface area contributed by atoms with Gasteiger partial charge in [-0.25, -0.2) is 4.98 Å². The summed E-state index contributed by atoms with van der Waals surface area (Å²) in [5, 5.41) is 12.4. The maximum absolute atomic E-state index is 9.11. The van der Waals surface area contributed by atoms with Gasteiger partial charge >= 0.3 is 0 Å². The van der Waals surface area contributed by atoms with Crippen molar-refractivity contribution < 1.29 is 0 Å². The first-order valence-electron chi connectivity index (χ1n) is 5.25. The molecule has 2 rings (SSSR count). The van der Waals surface area contributed by atoms with E-state index in [0.717, 1.165) is 29.9 Å². The molecule has 92 valence electrons. The fraction of sp³-hybridized carbons (Fsp3) is 0.455. The van der Waals surface area contributed by atoms with E-state index in [9.17, 15) is 0 Å². The van der Waals surface area contributed by atoms with Crippen molar-refractivity contribution in [3.05, 3.63) is 22.3 Å². The molecule has 1 aromatic heterocycles. The molecule has 1 fully saturated rings.